The first-order valence-electron chi connectivity index (χ1n) is 4.87. The third-order valence-corrected chi connectivity index (χ3v) is 3.27. The lowest BCUT2D eigenvalue weighted by atomic mass is 9.78. The van der Waals surface area contributed by atoms with Gasteiger partial charge in [0.25, 0.3) is 0 Å². The fourth-order valence-corrected chi connectivity index (χ4v) is 1.75. The standard InChI is InChI=1S/C11H20O2/c1-8-5-6-9(7-10(8)12)11(2,3)13-4/h5,9-10,12H,6-7H2,1-4H3. The van der Waals surface area contributed by atoms with Crippen LogP contribution in [0.1, 0.15) is 33.6 Å². The molecule has 76 valence electrons. The Balaban J connectivity index is 2.67. The molecule has 2 nitrogen and oxygen atoms in total. The van der Waals surface area contributed by atoms with E-state index in [9.17, 15) is 5.11 Å². The molecule has 0 aliphatic heterocycles. The van der Waals surface area contributed by atoms with Gasteiger partial charge < -0.3 is 9.84 Å². The second kappa shape index (κ2) is 3.81. The SMILES string of the molecule is COC(C)(C)C1CC=C(C)C(O)C1. The molecule has 2 atom stereocenters. The van der Waals surface area contributed by atoms with Crippen LogP contribution in [0.25, 0.3) is 0 Å². The summed E-state index contributed by atoms with van der Waals surface area (Å²) < 4.78 is 5.42. The molecule has 0 radical (unpaired) electrons. The Morgan fingerprint density at radius 1 is 1.54 bits per heavy atom. The normalized spacial score (nSPS) is 30.1. The molecule has 0 amide bonds. The fourth-order valence-electron chi connectivity index (χ4n) is 1.75. The number of methoxy groups -OCH3 is 1. The first-order chi connectivity index (χ1) is 5.97. The van der Waals surface area contributed by atoms with E-state index in [0.717, 1.165) is 18.4 Å². The topological polar surface area (TPSA) is 29.5 Å². The van der Waals surface area contributed by atoms with Crippen LogP contribution in [-0.4, -0.2) is 23.9 Å². The number of hydrogen-bond donors (Lipinski definition) is 1. The minimum atomic E-state index is -0.270. The lowest BCUT2D eigenvalue weighted by Gasteiger charge is -2.36. The number of aliphatic hydroxyl groups excluding tert-OH is 1. The molecule has 1 aliphatic rings. The van der Waals surface area contributed by atoms with E-state index in [0.29, 0.717) is 5.92 Å². The van der Waals surface area contributed by atoms with Gasteiger partial charge >= 0.3 is 0 Å². The second-order valence-electron chi connectivity index (χ2n) is 4.44. The summed E-state index contributed by atoms with van der Waals surface area (Å²) in [5.74, 6) is 0.427. The van der Waals surface area contributed by atoms with Crippen molar-refractivity contribution in [3.8, 4) is 0 Å². The molecule has 13 heavy (non-hydrogen) atoms. The van der Waals surface area contributed by atoms with Gasteiger partial charge in [-0.25, -0.2) is 0 Å². The van der Waals surface area contributed by atoms with Crippen LogP contribution in [0.2, 0.25) is 0 Å². The first-order valence-corrected chi connectivity index (χ1v) is 4.87. The highest BCUT2D eigenvalue weighted by Crippen LogP contribution is 2.33. The molecule has 0 saturated carbocycles. The zero-order valence-electron chi connectivity index (χ0n) is 9.00. The van der Waals surface area contributed by atoms with Crippen molar-refractivity contribution in [2.75, 3.05) is 7.11 Å². The molecule has 0 bridgehead atoms. The minimum Gasteiger partial charge on any atom is -0.389 e. The van der Waals surface area contributed by atoms with E-state index in [2.05, 4.69) is 19.9 Å². The van der Waals surface area contributed by atoms with Crippen LogP contribution in [0, 0.1) is 5.92 Å². The highest BCUT2D eigenvalue weighted by atomic mass is 16.5. The van der Waals surface area contributed by atoms with E-state index >= 15 is 0 Å². The van der Waals surface area contributed by atoms with Gasteiger partial charge in [0.1, 0.15) is 0 Å². The van der Waals surface area contributed by atoms with Crippen molar-refractivity contribution in [3.63, 3.8) is 0 Å². The summed E-state index contributed by atoms with van der Waals surface area (Å²) >= 11 is 0. The van der Waals surface area contributed by atoms with Gasteiger partial charge in [0.15, 0.2) is 0 Å². The monoisotopic (exact) mass is 184 g/mol. The van der Waals surface area contributed by atoms with Crippen molar-refractivity contribution in [2.24, 2.45) is 5.92 Å². The molecule has 1 rings (SSSR count). The van der Waals surface area contributed by atoms with Crippen LogP contribution in [0.5, 0.6) is 0 Å². The van der Waals surface area contributed by atoms with Crippen LogP contribution in [0.15, 0.2) is 11.6 Å². The maximum Gasteiger partial charge on any atom is 0.0751 e. The molecular weight excluding hydrogens is 164 g/mol. The highest BCUT2D eigenvalue weighted by molar-refractivity contribution is 5.11. The van der Waals surface area contributed by atoms with Crippen LogP contribution < -0.4 is 0 Å². The van der Waals surface area contributed by atoms with Gasteiger partial charge in [-0.05, 0) is 45.1 Å². The third kappa shape index (κ3) is 2.32. The van der Waals surface area contributed by atoms with Crippen LogP contribution in [-0.2, 0) is 4.74 Å². The molecule has 0 aromatic carbocycles. The van der Waals surface area contributed by atoms with E-state index in [4.69, 9.17) is 4.74 Å². The van der Waals surface area contributed by atoms with Gasteiger partial charge in [0.05, 0.1) is 11.7 Å². The number of allylic oxidation sites excluding steroid dienone is 1. The van der Waals surface area contributed by atoms with Crippen LogP contribution in [0.4, 0.5) is 0 Å². The van der Waals surface area contributed by atoms with Gasteiger partial charge in [-0.15, -0.1) is 0 Å². The Hall–Kier alpha value is -0.340. The molecule has 1 N–H and O–H groups in total. The van der Waals surface area contributed by atoms with E-state index in [1.807, 2.05) is 6.92 Å². The molecule has 2 unspecified atom stereocenters. The van der Waals surface area contributed by atoms with Gasteiger partial charge in [-0.1, -0.05) is 6.08 Å². The summed E-state index contributed by atoms with van der Waals surface area (Å²) in [6.07, 6.45) is 3.69. The zero-order valence-corrected chi connectivity index (χ0v) is 9.00. The Labute approximate surface area is 80.6 Å². The van der Waals surface area contributed by atoms with Crippen molar-refractivity contribution in [1.29, 1.82) is 0 Å². The second-order valence-corrected chi connectivity index (χ2v) is 4.44. The van der Waals surface area contributed by atoms with Crippen molar-refractivity contribution in [2.45, 2.75) is 45.3 Å². The summed E-state index contributed by atoms with van der Waals surface area (Å²) in [6.45, 7) is 6.15. The quantitative estimate of drug-likeness (QED) is 0.666. The fraction of sp³-hybridized carbons (Fsp3) is 0.818. The van der Waals surface area contributed by atoms with Crippen molar-refractivity contribution >= 4 is 0 Å². The largest absolute Gasteiger partial charge is 0.389 e. The zero-order chi connectivity index (χ0) is 10.1. The first kappa shape index (κ1) is 10.7. The molecule has 1 aliphatic carbocycles. The van der Waals surface area contributed by atoms with Crippen LogP contribution >= 0.6 is 0 Å². The Morgan fingerprint density at radius 2 is 2.15 bits per heavy atom. The van der Waals surface area contributed by atoms with Gasteiger partial charge in [-0.3, -0.25) is 0 Å². The number of ether oxygens (including phenoxy) is 1. The van der Waals surface area contributed by atoms with E-state index in [1.54, 1.807) is 7.11 Å². The average Bonchev–Trinajstić information content (AvgIpc) is 2.09. The molecule has 0 fully saturated rings. The van der Waals surface area contributed by atoms with Crippen molar-refractivity contribution in [1.82, 2.24) is 0 Å². The molecular formula is C11H20O2. The average molecular weight is 184 g/mol. The predicted octanol–water partition coefficient (Wildman–Crippen LogP) is 2.13. The maximum atomic E-state index is 9.68. The molecule has 0 saturated heterocycles. The summed E-state index contributed by atoms with van der Waals surface area (Å²) in [5.41, 5.74) is 0.973. The van der Waals surface area contributed by atoms with Gasteiger partial charge in [-0.2, -0.15) is 0 Å². The lowest BCUT2D eigenvalue weighted by molar-refractivity contribution is -0.0429. The predicted molar refractivity (Wildman–Crippen MR) is 53.6 cm³/mol. The highest BCUT2D eigenvalue weighted by Gasteiger charge is 2.32. The maximum absolute atomic E-state index is 9.68. The number of hydrogen-bond acceptors (Lipinski definition) is 2. The minimum absolute atomic E-state index is 0.127. The summed E-state index contributed by atoms with van der Waals surface area (Å²) in [4.78, 5) is 0. The third-order valence-electron chi connectivity index (χ3n) is 3.27. The molecule has 0 heterocycles. The van der Waals surface area contributed by atoms with Crippen LogP contribution in [0.3, 0.4) is 0 Å². The van der Waals surface area contributed by atoms with E-state index in [1.165, 1.54) is 0 Å². The molecule has 0 aromatic rings. The lowest BCUT2D eigenvalue weighted by Crippen LogP contribution is -2.37. The van der Waals surface area contributed by atoms with Gasteiger partial charge in [0, 0.05) is 7.11 Å². The molecule has 2 heteroatoms. The summed E-state index contributed by atoms with van der Waals surface area (Å²) in [6, 6.07) is 0. The molecule has 0 spiro atoms. The van der Waals surface area contributed by atoms with Gasteiger partial charge in [0.2, 0.25) is 0 Å². The molecule has 0 aromatic heterocycles. The van der Waals surface area contributed by atoms with Crippen molar-refractivity contribution in [3.05, 3.63) is 11.6 Å². The number of rotatable bonds is 2. The number of aliphatic hydroxyl groups is 1. The summed E-state index contributed by atoms with van der Waals surface area (Å²) in [5, 5.41) is 9.68. The van der Waals surface area contributed by atoms with E-state index in [-0.39, 0.29) is 11.7 Å². The van der Waals surface area contributed by atoms with Crippen molar-refractivity contribution < 1.29 is 9.84 Å². The van der Waals surface area contributed by atoms with E-state index < -0.39 is 0 Å². The summed E-state index contributed by atoms with van der Waals surface area (Å²) in [7, 11) is 1.73. The Morgan fingerprint density at radius 3 is 2.62 bits per heavy atom. The smallest absolute Gasteiger partial charge is 0.0751 e. The Bertz CT molecular complexity index is 206. The Kier molecular flexibility index (Phi) is 3.14.